The highest BCUT2D eigenvalue weighted by molar-refractivity contribution is 5.44. The minimum Gasteiger partial charge on any atom is -0.493 e. The fourth-order valence-electron chi connectivity index (χ4n) is 1.48. The summed E-state index contributed by atoms with van der Waals surface area (Å²) >= 11 is 0. The molecule has 1 atom stereocenters. The molecule has 0 saturated heterocycles. The molecule has 4 heteroatoms. The summed E-state index contributed by atoms with van der Waals surface area (Å²) in [6, 6.07) is 2.55. The topological polar surface area (TPSA) is 44.5 Å². The lowest BCUT2D eigenvalue weighted by molar-refractivity contribution is 0.349. The first-order chi connectivity index (χ1) is 7.51. The van der Waals surface area contributed by atoms with Crippen LogP contribution in [0.25, 0.3) is 0 Å². The number of hydrogen-bond donors (Lipinski definition) is 1. The number of methoxy groups -OCH3 is 2. The Labute approximate surface area is 95.4 Å². The van der Waals surface area contributed by atoms with Crippen molar-refractivity contribution in [1.82, 2.24) is 0 Å². The second kappa shape index (κ2) is 5.16. The Balaban J connectivity index is 3.21. The van der Waals surface area contributed by atoms with Crippen LogP contribution in [-0.2, 0) is 0 Å². The molecule has 0 bridgehead atoms. The highest BCUT2D eigenvalue weighted by Crippen LogP contribution is 2.33. The molecule has 1 aromatic rings. The van der Waals surface area contributed by atoms with E-state index in [4.69, 9.17) is 15.2 Å². The van der Waals surface area contributed by atoms with Crippen molar-refractivity contribution in [3.63, 3.8) is 0 Å². The van der Waals surface area contributed by atoms with E-state index >= 15 is 0 Å². The van der Waals surface area contributed by atoms with Gasteiger partial charge in [0, 0.05) is 17.7 Å². The van der Waals surface area contributed by atoms with Gasteiger partial charge in [-0.2, -0.15) is 0 Å². The zero-order chi connectivity index (χ0) is 12.3. The Kier molecular flexibility index (Phi) is 4.12. The normalized spacial score (nSPS) is 12.7. The van der Waals surface area contributed by atoms with Gasteiger partial charge in [0.15, 0.2) is 11.5 Å². The SMILES string of the molecule is COc1cc(F)c(C(N)C(C)C)cc1OC. The van der Waals surface area contributed by atoms with Gasteiger partial charge in [0.25, 0.3) is 0 Å². The molecule has 1 aromatic carbocycles. The van der Waals surface area contributed by atoms with E-state index in [1.807, 2.05) is 13.8 Å². The summed E-state index contributed by atoms with van der Waals surface area (Å²) in [5.74, 6) is 0.668. The third-order valence-corrected chi connectivity index (χ3v) is 2.58. The minimum absolute atomic E-state index is 0.160. The van der Waals surface area contributed by atoms with Gasteiger partial charge in [-0.1, -0.05) is 13.8 Å². The van der Waals surface area contributed by atoms with Crippen LogP contribution in [0.2, 0.25) is 0 Å². The molecule has 0 fully saturated rings. The quantitative estimate of drug-likeness (QED) is 0.859. The van der Waals surface area contributed by atoms with Crippen LogP contribution in [0.3, 0.4) is 0 Å². The Bertz CT molecular complexity index is 366. The fraction of sp³-hybridized carbons (Fsp3) is 0.500. The largest absolute Gasteiger partial charge is 0.493 e. The smallest absolute Gasteiger partial charge is 0.163 e. The van der Waals surface area contributed by atoms with Crippen LogP contribution < -0.4 is 15.2 Å². The van der Waals surface area contributed by atoms with Crippen LogP contribution >= 0.6 is 0 Å². The summed E-state index contributed by atoms with van der Waals surface area (Å²) in [5, 5.41) is 0. The van der Waals surface area contributed by atoms with E-state index < -0.39 is 0 Å². The number of halogens is 1. The molecule has 90 valence electrons. The van der Waals surface area contributed by atoms with Crippen LogP contribution in [0.1, 0.15) is 25.5 Å². The Morgan fingerprint density at radius 2 is 1.62 bits per heavy atom. The van der Waals surface area contributed by atoms with Crippen molar-refractivity contribution >= 4 is 0 Å². The number of ether oxygens (including phenoxy) is 2. The maximum Gasteiger partial charge on any atom is 0.163 e. The fourth-order valence-corrected chi connectivity index (χ4v) is 1.48. The standard InChI is InChI=1S/C12H18FNO2/c1-7(2)12(14)8-5-10(15-3)11(16-4)6-9(8)13/h5-7,12H,14H2,1-4H3. The summed E-state index contributed by atoms with van der Waals surface area (Å²) in [6.45, 7) is 3.89. The number of hydrogen-bond acceptors (Lipinski definition) is 3. The lowest BCUT2D eigenvalue weighted by atomic mass is 9.96. The summed E-state index contributed by atoms with van der Waals surface area (Å²) < 4.78 is 23.9. The van der Waals surface area contributed by atoms with Crippen molar-refractivity contribution in [2.45, 2.75) is 19.9 Å². The van der Waals surface area contributed by atoms with Crippen LogP contribution in [0, 0.1) is 11.7 Å². The van der Waals surface area contributed by atoms with E-state index in [-0.39, 0.29) is 17.8 Å². The maximum atomic E-state index is 13.7. The van der Waals surface area contributed by atoms with Gasteiger partial charge in [-0.05, 0) is 12.0 Å². The van der Waals surface area contributed by atoms with E-state index in [2.05, 4.69) is 0 Å². The van der Waals surface area contributed by atoms with Gasteiger partial charge in [0.2, 0.25) is 0 Å². The summed E-state index contributed by atoms with van der Waals surface area (Å²) in [6.07, 6.45) is 0. The first-order valence-electron chi connectivity index (χ1n) is 5.18. The predicted octanol–water partition coefficient (Wildman–Crippen LogP) is 2.50. The molecule has 0 aromatic heterocycles. The first kappa shape index (κ1) is 12.8. The molecule has 0 heterocycles. The minimum atomic E-state index is -0.362. The monoisotopic (exact) mass is 227 g/mol. The number of rotatable bonds is 4. The molecule has 1 unspecified atom stereocenters. The van der Waals surface area contributed by atoms with Gasteiger partial charge in [0.05, 0.1) is 14.2 Å². The van der Waals surface area contributed by atoms with Crippen molar-refractivity contribution in [3.8, 4) is 11.5 Å². The lowest BCUT2D eigenvalue weighted by Gasteiger charge is -2.18. The molecule has 3 nitrogen and oxygen atoms in total. The van der Waals surface area contributed by atoms with Crippen molar-refractivity contribution < 1.29 is 13.9 Å². The van der Waals surface area contributed by atoms with Crippen LogP contribution in [0.4, 0.5) is 4.39 Å². The highest BCUT2D eigenvalue weighted by Gasteiger charge is 2.18. The van der Waals surface area contributed by atoms with E-state index in [9.17, 15) is 4.39 Å². The van der Waals surface area contributed by atoms with Gasteiger partial charge in [-0.25, -0.2) is 4.39 Å². The zero-order valence-electron chi connectivity index (χ0n) is 10.1. The van der Waals surface area contributed by atoms with Crippen LogP contribution in [0.15, 0.2) is 12.1 Å². The molecule has 1 rings (SSSR count). The molecular weight excluding hydrogens is 209 g/mol. The molecule has 0 aliphatic rings. The molecule has 2 N–H and O–H groups in total. The molecule has 0 radical (unpaired) electrons. The second-order valence-corrected chi connectivity index (χ2v) is 4.00. The highest BCUT2D eigenvalue weighted by atomic mass is 19.1. The lowest BCUT2D eigenvalue weighted by Crippen LogP contribution is -2.18. The predicted molar refractivity (Wildman–Crippen MR) is 61.3 cm³/mol. The van der Waals surface area contributed by atoms with E-state index in [0.717, 1.165) is 0 Å². The molecular formula is C12H18FNO2. The van der Waals surface area contributed by atoms with Crippen molar-refractivity contribution in [1.29, 1.82) is 0 Å². The molecule has 0 saturated carbocycles. The van der Waals surface area contributed by atoms with Crippen molar-refractivity contribution in [2.24, 2.45) is 11.7 Å². The number of benzene rings is 1. The Morgan fingerprint density at radius 3 is 2.06 bits per heavy atom. The summed E-state index contributed by atoms with van der Waals surface area (Å²) in [5.41, 5.74) is 6.37. The van der Waals surface area contributed by atoms with Crippen LogP contribution in [-0.4, -0.2) is 14.2 Å². The molecule has 0 aliphatic carbocycles. The van der Waals surface area contributed by atoms with Gasteiger partial charge < -0.3 is 15.2 Å². The van der Waals surface area contributed by atoms with E-state index in [1.165, 1.54) is 20.3 Å². The van der Waals surface area contributed by atoms with E-state index in [0.29, 0.717) is 17.1 Å². The van der Waals surface area contributed by atoms with Crippen LogP contribution in [0.5, 0.6) is 11.5 Å². The summed E-state index contributed by atoms with van der Waals surface area (Å²) in [7, 11) is 2.99. The zero-order valence-corrected chi connectivity index (χ0v) is 10.1. The average Bonchev–Trinajstić information content (AvgIpc) is 2.27. The molecule has 0 spiro atoms. The molecule has 0 amide bonds. The third kappa shape index (κ3) is 2.44. The van der Waals surface area contributed by atoms with Crippen molar-refractivity contribution in [3.05, 3.63) is 23.5 Å². The first-order valence-corrected chi connectivity index (χ1v) is 5.18. The Morgan fingerprint density at radius 1 is 1.12 bits per heavy atom. The van der Waals surface area contributed by atoms with E-state index in [1.54, 1.807) is 6.07 Å². The Hall–Kier alpha value is -1.29. The van der Waals surface area contributed by atoms with Gasteiger partial charge in [0.1, 0.15) is 5.82 Å². The third-order valence-electron chi connectivity index (χ3n) is 2.58. The maximum absolute atomic E-state index is 13.7. The van der Waals surface area contributed by atoms with Gasteiger partial charge in [-0.15, -0.1) is 0 Å². The van der Waals surface area contributed by atoms with Gasteiger partial charge in [-0.3, -0.25) is 0 Å². The van der Waals surface area contributed by atoms with Crippen molar-refractivity contribution in [2.75, 3.05) is 14.2 Å². The molecule has 0 aliphatic heterocycles. The second-order valence-electron chi connectivity index (χ2n) is 4.00. The average molecular weight is 227 g/mol. The molecule has 16 heavy (non-hydrogen) atoms. The van der Waals surface area contributed by atoms with Gasteiger partial charge >= 0.3 is 0 Å². The summed E-state index contributed by atoms with van der Waals surface area (Å²) in [4.78, 5) is 0. The number of nitrogens with two attached hydrogens (primary N) is 1.